The van der Waals surface area contributed by atoms with E-state index in [-0.39, 0.29) is 11.7 Å². The summed E-state index contributed by atoms with van der Waals surface area (Å²) in [6.07, 6.45) is 2.28. The van der Waals surface area contributed by atoms with E-state index < -0.39 is 0 Å². The molecule has 9 heteroatoms. The summed E-state index contributed by atoms with van der Waals surface area (Å²) < 4.78 is 15.8. The van der Waals surface area contributed by atoms with Gasteiger partial charge >= 0.3 is 0 Å². The molecular weight excluding hydrogens is 462 g/mol. The molecule has 4 aromatic rings. The van der Waals surface area contributed by atoms with Crippen molar-refractivity contribution in [2.75, 3.05) is 19.5 Å². The van der Waals surface area contributed by atoms with Crippen molar-refractivity contribution in [3.63, 3.8) is 0 Å². The van der Waals surface area contributed by atoms with Crippen molar-refractivity contribution in [3.05, 3.63) is 68.9 Å². The van der Waals surface area contributed by atoms with Crippen molar-refractivity contribution in [2.24, 2.45) is 0 Å². The van der Waals surface area contributed by atoms with Crippen LogP contribution in [0.15, 0.2) is 64.5 Å². The maximum Gasteiger partial charge on any atom is 0.278 e. The summed E-state index contributed by atoms with van der Waals surface area (Å²) in [5, 5.41) is 0.633. The van der Waals surface area contributed by atoms with Crippen LogP contribution in [0.25, 0.3) is 21.7 Å². The van der Waals surface area contributed by atoms with Crippen LogP contribution in [0, 0.1) is 3.95 Å². The number of para-hydroxylation sites is 1. The van der Waals surface area contributed by atoms with Crippen molar-refractivity contribution in [1.82, 2.24) is 14.1 Å². The van der Waals surface area contributed by atoms with Gasteiger partial charge in [0.25, 0.3) is 5.56 Å². The Balaban J connectivity index is 1.70. The molecule has 0 spiro atoms. The zero-order valence-electron chi connectivity index (χ0n) is 17.4. The standard InChI is InChI=1S/C23H21N3O3S3/c1-28-17-10-5-9-16(13-17)25-20-19(32-23(25)30)21(27)26(15-7-3-2-4-8-15)22(24-20)31-14-18-11-6-12-29-18/h2-5,7-10,13,18H,6,11-12,14H2,1H3. The first-order valence-corrected chi connectivity index (χ1v) is 12.5. The molecule has 5 rings (SSSR count). The van der Waals surface area contributed by atoms with Gasteiger partial charge in [-0.3, -0.25) is 13.9 Å². The number of rotatable bonds is 6. The Labute approximate surface area is 198 Å². The molecule has 0 N–H and O–H groups in total. The van der Waals surface area contributed by atoms with Gasteiger partial charge in [0.1, 0.15) is 10.4 Å². The Morgan fingerprint density at radius 1 is 1.19 bits per heavy atom. The average molecular weight is 484 g/mol. The lowest BCUT2D eigenvalue weighted by molar-refractivity contribution is 0.129. The number of thioether (sulfide) groups is 1. The maximum atomic E-state index is 13.7. The lowest BCUT2D eigenvalue weighted by Gasteiger charge is -2.14. The molecule has 1 saturated heterocycles. The van der Waals surface area contributed by atoms with Crippen molar-refractivity contribution in [1.29, 1.82) is 0 Å². The second-order valence-electron chi connectivity index (χ2n) is 7.37. The Bertz CT molecular complexity index is 1370. The number of thiazole rings is 1. The van der Waals surface area contributed by atoms with E-state index >= 15 is 0 Å². The largest absolute Gasteiger partial charge is 0.497 e. The van der Waals surface area contributed by atoms with Crippen molar-refractivity contribution in [3.8, 4) is 17.1 Å². The predicted molar refractivity (Wildman–Crippen MR) is 132 cm³/mol. The van der Waals surface area contributed by atoms with E-state index in [0.717, 1.165) is 36.6 Å². The van der Waals surface area contributed by atoms with Crippen molar-refractivity contribution < 1.29 is 9.47 Å². The second-order valence-corrected chi connectivity index (χ2v) is 10.0. The summed E-state index contributed by atoms with van der Waals surface area (Å²) in [6, 6.07) is 17.2. The third-order valence-corrected chi connectivity index (χ3v) is 7.75. The van der Waals surface area contributed by atoms with Gasteiger partial charge in [0.05, 0.1) is 24.6 Å². The van der Waals surface area contributed by atoms with Gasteiger partial charge in [-0.2, -0.15) is 0 Å². The van der Waals surface area contributed by atoms with Crippen LogP contribution >= 0.6 is 35.3 Å². The van der Waals surface area contributed by atoms with Crippen LogP contribution in [0.2, 0.25) is 0 Å². The number of hydrogen-bond donors (Lipinski definition) is 0. The molecule has 1 fully saturated rings. The molecule has 1 aliphatic rings. The first-order valence-electron chi connectivity index (χ1n) is 10.3. The molecule has 1 unspecified atom stereocenters. The molecule has 0 bridgehead atoms. The van der Waals surface area contributed by atoms with Gasteiger partial charge in [-0.05, 0) is 49.3 Å². The van der Waals surface area contributed by atoms with Gasteiger partial charge in [0.2, 0.25) is 0 Å². The quantitative estimate of drug-likeness (QED) is 0.212. The van der Waals surface area contributed by atoms with E-state index in [1.165, 1.54) is 11.3 Å². The highest BCUT2D eigenvalue weighted by Gasteiger charge is 2.21. The lowest BCUT2D eigenvalue weighted by Crippen LogP contribution is -2.22. The molecule has 2 aromatic heterocycles. The smallest absolute Gasteiger partial charge is 0.278 e. The van der Waals surface area contributed by atoms with Crippen LogP contribution in [-0.4, -0.2) is 39.7 Å². The Morgan fingerprint density at radius 2 is 2.00 bits per heavy atom. The van der Waals surface area contributed by atoms with Crippen LogP contribution in [0.4, 0.5) is 0 Å². The Hall–Kier alpha value is -2.46. The Morgan fingerprint density at radius 3 is 2.75 bits per heavy atom. The molecule has 0 saturated carbocycles. The molecule has 32 heavy (non-hydrogen) atoms. The summed E-state index contributed by atoms with van der Waals surface area (Å²) in [6.45, 7) is 0.795. The number of benzene rings is 2. The van der Waals surface area contributed by atoms with Gasteiger partial charge in [0.15, 0.2) is 14.8 Å². The molecule has 2 aromatic carbocycles. The minimum absolute atomic E-state index is 0.117. The highest BCUT2D eigenvalue weighted by Crippen LogP contribution is 2.29. The van der Waals surface area contributed by atoms with E-state index in [9.17, 15) is 4.79 Å². The SMILES string of the molecule is COc1cccc(-n2c(=S)sc3c(=O)n(-c4ccccc4)c(SCC4CCCO4)nc32)c1. The van der Waals surface area contributed by atoms with Gasteiger partial charge in [-0.25, -0.2) is 4.98 Å². The Kier molecular flexibility index (Phi) is 6.14. The van der Waals surface area contributed by atoms with Crippen molar-refractivity contribution >= 4 is 45.7 Å². The number of nitrogens with zero attached hydrogens (tertiary/aromatic N) is 3. The van der Waals surface area contributed by atoms with Gasteiger partial charge in [0, 0.05) is 18.4 Å². The number of ether oxygens (including phenoxy) is 2. The molecular formula is C23H21N3O3S3. The second kappa shape index (κ2) is 9.19. The molecule has 1 atom stereocenters. The zero-order chi connectivity index (χ0) is 22.1. The summed E-state index contributed by atoms with van der Waals surface area (Å²) in [4.78, 5) is 18.6. The molecule has 1 aliphatic heterocycles. The first kappa shape index (κ1) is 21.4. The van der Waals surface area contributed by atoms with E-state index in [0.29, 0.717) is 25.2 Å². The fourth-order valence-corrected chi connectivity index (χ4v) is 6.13. The maximum absolute atomic E-state index is 13.7. The van der Waals surface area contributed by atoms with Crippen LogP contribution in [0.3, 0.4) is 0 Å². The summed E-state index contributed by atoms with van der Waals surface area (Å²) in [5.74, 6) is 1.46. The fourth-order valence-electron chi connectivity index (χ4n) is 3.76. The molecule has 0 amide bonds. The third kappa shape index (κ3) is 4.01. The summed E-state index contributed by atoms with van der Waals surface area (Å²) >= 11 is 8.49. The predicted octanol–water partition coefficient (Wildman–Crippen LogP) is 5.25. The van der Waals surface area contributed by atoms with Crippen molar-refractivity contribution in [2.45, 2.75) is 24.1 Å². The number of fused-ring (bicyclic) bond motifs is 1. The zero-order valence-corrected chi connectivity index (χ0v) is 19.8. The normalized spacial score (nSPS) is 16.0. The number of methoxy groups -OCH3 is 1. The molecule has 0 aliphatic carbocycles. The minimum atomic E-state index is -0.117. The number of hydrogen-bond acceptors (Lipinski definition) is 7. The van der Waals surface area contributed by atoms with E-state index in [1.807, 2.05) is 59.2 Å². The van der Waals surface area contributed by atoms with Gasteiger partial charge in [-0.1, -0.05) is 47.4 Å². The van der Waals surface area contributed by atoms with E-state index in [4.69, 9.17) is 26.7 Å². The molecule has 6 nitrogen and oxygen atoms in total. The molecule has 0 radical (unpaired) electrons. The average Bonchev–Trinajstić information content (AvgIpc) is 3.46. The first-order chi connectivity index (χ1) is 15.7. The van der Waals surface area contributed by atoms with Crippen LogP contribution in [0.1, 0.15) is 12.8 Å². The van der Waals surface area contributed by atoms with Crippen LogP contribution < -0.4 is 10.3 Å². The van der Waals surface area contributed by atoms with Gasteiger partial charge in [-0.15, -0.1) is 0 Å². The third-order valence-electron chi connectivity index (χ3n) is 5.33. The van der Waals surface area contributed by atoms with Crippen LogP contribution in [0.5, 0.6) is 5.75 Å². The minimum Gasteiger partial charge on any atom is -0.497 e. The number of aromatic nitrogens is 3. The van der Waals surface area contributed by atoms with Crippen LogP contribution in [-0.2, 0) is 4.74 Å². The monoisotopic (exact) mass is 483 g/mol. The highest BCUT2D eigenvalue weighted by atomic mass is 32.2. The van der Waals surface area contributed by atoms with E-state index in [1.54, 1.807) is 23.4 Å². The molecule has 164 valence electrons. The lowest BCUT2D eigenvalue weighted by atomic mass is 10.3. The van der Waals surface area contributed by atoms with E-state index in [2.05, 4.69) is 0 Å². The summed E-state index contributed by atoms with van der Waals surface area (Å²) in [7, 11) is 1.63. The highest BCUT2D eigenvalue weighted by molar-refractivity contribution is 7.99. The topological polar surface area (TPSA) is 58.3 Å². The molecule has 3 heterocycles. The van der Waals surface area contributed by atoms with Gasteiger partial charge < -0.3 is 9.47 Å². The summed E-state index contributed by atoms with van der Waals surface area (Å²) in [5.41, 5.74) is 2.06. The fraction of sp³-hybridized carbons (Fsp3) is 0.261.